The van der Waals surface area contributed by atoms with Crippen LogP contribution in [0.5, 0.6) is 0 Å². The van der Waals surface area contributed by atoms with Gasteiger partial charge in [0.1, 0.15) is 5.82 Å². The van der Waals surface area contributed by atoms with Gasteiger partial charge in [-0.3, -0.25) is 4.79 Å². The van der Waals surface area contributed by atoms with Crippen LogP contribution in [0.25, 0.3) is 0 Å². The fourth-order valence-electron chi connectivity index (χ4n) is 2.26. The molecule has 1 N–H and O–H groups in total. The molecule has 104 valence electrons. The summed E-state index contributed by atoms with van der Waals surface area (Å²) < 4.78 is 14.0. The van der Waals surface area contributed by atoms with Crippen LogP contribution < -0.4 is 5.32 Å². The minimum atomic E-state index is -0.234. The summed E-state index contributed by atoms with van der Waals surface area (Å²) in [6, 6.07) is 4.85. The van der Waals surface area contributed by atoms with Crippen molar-refractivity contribution in [2.45, 2.75) is 32.4 Å². The standard InChI is InChI=1S/C14H18BrFN2O/c1-10(9-18-6-2-3-14(18)19)17-8-11-7-12(16)4-5-13(11)15/h4-5,7,10,17H,2-3,6,8-9H2,1H3. The Hall–Kier alpha value is -0.940. The number of rotatable bonds is 5. The summed E-state index contributed by atoms with van der Waals surface area (Å²) in [6.07, 6.45) is 1.63. The lowest BCUT2D eigenvalue weighted by molar-refractivity contribution is -0.127. The molecule has 1 unspecified atom stereocenters. The molecule has 0 saturated carbocycles. The van der Waals surface area contributed by atoms with Crippen LogP contribution in [0.3, 0.4) is 0 Å². The van der Waals surface area contributed by atoms with Gasteiger partial charge >= 0.3 is 0 Å². The van der Waals surface area contributed by atoms with E-state index in [0.29, 0.717) is 19.5 Å². The molecule has 0 spiro atoms. The molecule has 0 bridgehead atoms. The van der Waals surface area contributed by atoms with Gasteiger partial charge in [0.2, 0.25) is 5.91 Å². The first-order chi connectivity index (χ1) is 9.06. The van der Waals surface area contributed by atoms with Crippen molar-refractivity contribution >= 4 is 21.8 Å². The highest BCUT2D eigenvalue weighted by molar-refractivity contribution is 9.10. The first-order valence-corrected chi connectivity index (χ1v) is 7.30. The summed E-state index contributed by atoms with van der Waals surface area (Å²) in [5.74, 6) is 0.00274. The lowest BCUT2D eigenvalue weighted by Crippen LogP contribution is -2.39. The van der Waals surface area contributed by atoms with Gasteiger partial charge in [-0.15, -0.1) is 0 Å². The first kappa shape index (κ1) is 14.5. The maximum absolute atomic E-state index is 13.1. The van der Waals surface area contributed by atoms with E-state index in [1.165, 1.54) is 12.1 Å². The van der Waals surface area contributed by atoms with Crippen molar-refractivity contribution in [1.29, 1.82) is 0 Å². The highest BCUT2D eigenvalue weighted by Crippen LogP contribution is 2.18. The lowest BCUT2D eigenvalue weighted by Gasteiger charge is -2.22. The molecule has 0 radical (unpaired) electrons. The fraction of sp³-hybridized carbons (Fsp3) is 0.500. The van der Waals surface area contributed by atoms with Crippen LogP contribution in [0.15, 0.2) is 22.7 Å². The Morgan fingerprint density at radius 1 is 1.53 bits per heavy atom. The molecular formula is C14H18BrFN2O. The molecule has 3 nitrogen and oxygen atoms in total. The molecule has 1 atom stereocenters. The molecular weight excluding hydrogens is 311 g/mol. The third kappa shape index (κ3) is 4.01. The average Bonchev–Trinajstić information content (AvgIpc) is 2.76. The first-order valence-electron chi connectivity index (χ1n) is 6.51. The van der Waals surface area contributed by atoms with Gasteiger partial charge in [-0.05, 0) is 37.1 Å². The van der Waals surface area contributed by atoms with Crippen molar-refractivity contribution in [3.05, 3.63) is 34.1 Å². The van der Waals surface area contributed by atoms with Gasteiger partial charge in [-0.1, -0.05) is 15.9 Å². The third-order valence-electron chi connectivity index (χ3n) is 3.31. The number of benzene rings is 1. The van der Waals surface area contributed by atoms with Crippen LogP contribution in [-0.2, 0) is 11.3 Å². The van der Waals surface area contributed by atoms with Crippen LogP contribution in [0, 0.1) is 5.82 Å². The molecule has 5 heteroatoms. The van der Waals surface area contributed by atoms with E-state index >= 15 is 0 Å². The summed E-state index contributed by atoms with van der Waals surface area (Å²) in [5, 5.41) is 3.32. The molecule has 19 heavy (non-hydrogen) atoms. The van der Waals surface area contributed by atoms with E-state index in [-0.39, 0.29) is 17.8 Å². The molecule has 2 rings (SSSR count). The van der Waals surface area contributed by atoms with Gasteiger partial charge in [0.15, 0.2) is 0 Å². The summed E-state index contributed by atoms with van der Waals surface area (Å²) in [6.45, 7) is 4.20. The number of nitrogens with zero attached hydrogens (tertiary/aromatic N) is 1. The van der Waals surface area contributed by atoms with E-state index in [9.17, 15) is 9.18 Å². The molecule has 1 fully saturated rings. The van der Waals surface area contributed by atoms with Gasteiger partial charge in [-0.2, -0.15) is 0 Å². The number of amides is 1. The molecule has 0 aromatic heterocycles. The highest BCUT2D eigenvalue weighted by atomic mass is 79.9. The Labute approximate surface area is 121 Å². The van der Waals surface area contributed by atoms with Crippen molar-refractivity contribution in [2.24, 2.45) is 0 Å². The second-order valence-electron chi connectivity index (χ2n) is 4.96. The minimum absolute atomic E-state index is 0.192. The van der Waals surface area contributed by atoms with Crippen LogP contribution in [0.2, 0.25) is 0 Å². The summed E-state index contributed by atoms with van der Waals surface area (Å²) in [5.41, 5.74) is 0.889. The zero-order chi connectivity index (χ0) is 13.8. The number of likely N-dealkylation sites (tertiary alicyclic amines) is 1. The van der Waals surface area contributed by atoms with Gasteiger partial charge < -0.3 is 10.2 Å². The number of hydrogen-bond acceptors (Lipinski definition) is 2. The van der Waals surface area contributed by atoms with Crippen LogP contribution in [-0.4, -0.2) is 29.9 Å². The van der Waals surface area contributed by atoms with E-state index in [4.69, 9.17) is 0 Å². The number of hydrogen-bond donors (Lipinski definition) is 1. The summed E-state index contributed by atoms with van der Waals surface area (Å²) in [7, 11) is 0. The van der Waals surface area contributed by atoms with Crippen LogP contribution in [0.1, 0.15) is 25.3 Å². The van der Waals surface area contributed by atoms with Crippen molar-refractivity contribution in [3.63, 3.8) is 0 Å². The monoisotopic (exact) mass is 328 g/mol. The molecule has 0 aliphatic carbocycles. The second-order valence-corrected chi connectivity index (χ2v) is 5.82. The Bertz CT molecular complexity index is 467. The van der Waals surface area contributed by atoms with Gasteiger partial charge in [-0.25, -0.2) is 4.39 Å². The maximum Gasteiger partial charge on any atom is 0.222 e. The quantitative estimate of drug-likeness (QED) is 0.901. The normalized spacial score (nSPS) is 17.0. The van der Waals surface area contributed by atoms with E-state index in [0.717, 1.165) is 23.0 Å². The Kier molecular flexibility index (Phi) is 4.93. The van der Waals surface area contributed by atoms with Gasteiger partial charge in [0, 0.05) is 36.6 Å². The summed E-state index contributed by atoms with van der Waals surface area (Å²) >= 11 is 3.41. The highest BCUT2D eigenvalue weighted by Gasteiger charge is 2.21. The van der Waals surface area contributed by atoms with Crippen molar-refractivity contribution in [2.75, 3.05) is 13.1 Å². The number of nitrogens with one attached hydrogen (secondary N) is 1. The van der Waals surface area contributed by atoms with Crippen molar-refractivity contribution in [1.82, 2.24) is 10.2 Å². The Balaban J connectivity index is 1.84. The topological polar surface area (TPSA) is 32.3 Å². The van der Waals surface area contributed by atoms with Gasteiger partial charge in [0.25, 0.3) is 0 Å². The molecule has 1 aliphatic rings. The average molecular weight is 329 g/mol. The molecule has 1 aromatic carbocycles. The smallest absolute Gasteiger partial charge is 0.222 e. The predicted molar refractivity (Wildman–Crippen MR) is 76.2 cm³/mol. The SMILES string of the molecule is CC(CN1CCCC1=O)NCc1cc(F)ccc1Br. The van der Waals surface area contributed by atoms with Crippen LogP contribution >= 0.6 is 15.9 Å². The largest absolute Gasteiger partial charge is 0.341 e. The Morgan fingerprint density at radius 2 is 2.32 bits per heavy atom. The number of carbonyl (C=O) groups is 1. The van der Waals surface area contributed by atoms with Crippen molar-refractivity contribution in [3.8, 4) is 0 Å². The van der Waals surface area contributed by atoms with Crippen molar-refractivity contribution < 1.29 is 9.18 Å². The van der Waals surface area contributed by atoms with Crippen LogP contribution in [0.4, 0.5) is 4.39 Å². The zero-order valence-corrected chi connectivity index (χ0v) is 12.5. The molecule has 1 aliphatic heterocycles. The van der Waals surface area contributed by atoms with E-state index in [2.05, 4.69) is 21.2 Å². The number of halogens is 2. The number of carbonyl (C=O) groups excluding carboxylic acids is 1. The zero-order valence-electron chi connectivity index (χ0n) is 11.0. The van der Waals surface area contributed by atoms with E-state index < -0.39 is 0 Å². The molecule has 1 heterocycles. The third-order valence-corrected chi connectivity index (χ3v) is 4.09. The Morgan fingerprint density at radius 3 is 3.00 bits per heavy atom. The molecule has 1 saturated heterocycles. The minimum Gasteiger partial charge on any atom is -0.341 e. The lowest BCUT2D eigenvalue weighted by atomic mass is 10.2. The molecule has 1 amide bonds. The van der Waals surface area contributed by atoms with E-state index in [1.54, 1.807) is 6.07 Å². The van der Waals surface area contributed by atoms with Gasteiger partial charge in [0.05, 0.1) is 0 Å². The fourth-order valence-corrected chi connectivity index (χ4v) is 2.64. The summed E-state index contributed by atoms with van der Waals surface area (Å²) in [4.78, 5) is 13.4. The van der Waals surface area contributed by atoms with E-state index in [1.807, 2.05) is 11.8 Å². The maximum atomic E-state index is 13.1. The predicted octanol–water partition coefficient (Wildman–Crippen LogP) is 2.69. The second kappa shape index (κ2) is 6.48. The molecule has 1 aromatic rings.